The number of halogens is 1. The largest absolute Gasteiger partial charge is 0.495 e. The summed E-state index contributed by atoms with van der Waals surface area (Å²) < 4.78 is 37.1. The maximum atomic E-state index is 13.0. The van der Waals surface area contributed by atoms with Crippen LogP contribution < -0.4 is 9.47 Å². The van der Waals surface area contributed by atoms with Gasteiger partial charge in [0.15, 0.2) is 0 Å². The van der Waals surface area contributed by atoms with E-state index in [0.717, 1.165) is 0 Å². The summed E-state index contributed by atoms with van der Waals surface area (Å²) in [5, 5.41) is 10.6. The Bertz CT molecular complexity index is 907. The highest BCUT2D eigenvalue weighted by molar-refractivity contribution is 9.09. The van der Waals surface area contributed by atoms with Crippen molar-refractivity contribution in [3.05, 3.63) is 48.0 Å². The summed E-state index contributed by atoms with van der Waals surface area (Å²) in [5.74, 6) is 0.753. The van der Waals surface area contributed by atoms with Crippen LogP contribution >= 0.6 is 15.9 Å². The number of hydrogen-bond donors (Lipinski definition) is 1. The molecule has 0 radical (unpaired) electrons. The molecule has 1 aliphatic rings. The number of rotatable bonds is 3. The molecule has 7 heteroatoms. The van der Waals surface area contributed by atoms with Crippen LogP contribution in [-0.4, -0.2) is 31.1 Å². The molecule has 134 valence electrons. The third-order valence-corrected chi connectivity index (χ3v) is 7.68. The number of hydrogen-bond acceptors (Lipinski definition) is 5. The Morgan fingerprint density at radius 1 is 1.20 bits per heavy atom. The smallest absolute Gasteiger partial charge is 0.210 e. The zero-order valence-electron chi connectivity index (χ0n) is 14.1. The van der Waals surface area contributed by atoms with Gasteiger partial charge in [0.25, 0.3) is 0 Å². The van der Waals surface area contributed by atoms with Crippen LogP contribution in [0.2, 0.25) is 0 Å². The summed E-state index contributed by atoms with van der Waals surface area (Å²) in [6, 6.07) is 11.0. The maximum Gasteiger partial charge on any atom is 0.210 e. The fourth-order valence-corrected chi connectivity index (χ4v) is 4.70. The summed E-state index contributed by atoms with van der Waals surface area (Å²) in [6.07, 6.45) is -0.883. The molecule has 0 saturated heterocycles. The van der Waals surface area contributed by atoms with E-state index in [2.05, 4.69) is 15.9 Å². The second-order valence-electron chi connectivity index (χ2n) is 6.41. The number of fused-ring (bicyclic) bond motifs is 1. The minimum Gasteiger partial charge on any atom is -0.495 e. The molecule has 1 aliphatic heterocycles. The van der Waals surface area contributed by atoms with Crippen LogP contribution in [-0.2, 0) is 9.84 Å². The fourth-order valence-electron chi connectivity index (χ4n) is 2.86. The number of alkyl halides is 1. The molecule has 0 amide bonds. The van der Waals surface area contributed by atoms with Gasteiger partial charge in [-0.15, -0.1) is 0 Å². The first-order chi connectivity index (χ1) is 11.7. The number of aliphatic hydroxyl groups excluding tert-OH is 1. The quantitative estimate of drug-likeness (QED) is 0.760. The molecule has 0 fully saturated rings. The predicted molar refractivity (Wildman–Crippen MR) is 97.3 cm³/mol. The van der Waals surface area contributed by atoms with E-state index in [-0.39, 0.29) is 20.4 Å². The third-order valence-electron chi connectivity index (χ3n) is 4.28. The van der Waals surface area contributed by atoms with E-state index in [0.29, 0.717) is 11.3 Å². The van der Waals surface area contributed by atoms with Gasteiger partial charge < -0.3 is 14.6 Å². The molecular formula is C18H19BrO5S. The lowest BCUT2D eigenvalue weighted by molar-refractivity contribution is 0.0223. The van der Waals surface area contributed by atoms with Crippen LogP contribution in [0.4, 0.5) is 0 Å². The molecule has 2 unspecified atom stereocenters. The molecule has 0 aliphatic carbocycles. The van der Waals surface area contributed by atoms with E-state index in [4.69, 9.17) is 9.47 Å². The van der Waals surface area contributed by atoms with Crippen LogP contribution in [0.3, 0.4) is 0 Å². The highest BCUT2D eigenvalue weighted by Crippen LogP contribution is 2.44. The van der Waals surface area contributed by atoms with Gasteiger partial charge in [0, 0.05) is 5.56 Å². The summed E-state index contributed by atoms with van der Waals surface area (Å²) in [6.45, 7) is 3.72. The second kappa shape index (κ2) is 6.30. The average Bonchev–Trinajstić information content (AvgIpc) is 2.59. The minimum atomic E-state index is -3.79. The Kier molecular flexibility index (Phi) is 4.59. The number of sulfone groups is 1. The molecule has 25 heavy (non-hydrogen) atoms. The van der Waals surface area contributed by atoms with Gasteiger partial charge in [-0.25, -0.2) is 8.42 Å². The monoisotopic (exact) mass is 426 g/mol. The average molecular weight is 427 g/mol. The van der Waals surface area contributed by atoms with Gasteiger partial charge in [0.1, 0.15) is 22.0 Å². The van der Waals surface area contributed by atoms with Crippen molar-refractivity contribution in [1.82, 2.24) is 0 Å². The highest BCUT2D eigenvalue weighted by Gasteiger charge is 2.42. The fraction of sp³-hybridized carbons (Fsp3) is 0.333. The molecule has 5 nitrogen and oxygen atoms in total. The van der Waals surface area contributed by atoms with Crippen LogP contribution in [0.15, 0.2) is 52.3 Å². The molecule has 0 bridgehead atoms. The minimum absolute atomic E-state index is 0.0813. The molecule has 0 saturated carbocycles. The molecule has 2 aromatic carbocycles. The normalized spacial score (nSPS) is 22.0. The number of benzene rings is 2. The molecule has 0 aromatic heterocycles. The lowest BCUT2D eigenvalue weighted by Gasteiger charge is -2.40. The van der Waals surface area contributed by atoms with Crippen molar-refractivity contribution < 1.29 is 23.0 Å². The SMILES string of the molecule is COc1ccccc1S(=O)(=O)c1ccc2c(c1)C(O)C(Br)C(C)(C)O2. The zero-order valence-corrected chi connectivity index (χ0v) is 16.5. The van der Waals surface area contributed by atoms with Crippen LogP contribution in [0, 0.1) is 0 Å². The van der Waals surface area contributed by atoms with Crippen molar-refractivity contribution in [2.75, 3.05) is 7.11 Å². The van der Waals surface area contributed by atoms with Crippen molar-refractivity contribution in [2.24, 2.45) is 0 Å². The van der Waals surface area contributed by atoms with Crippen molar-refractivity contribution in [2.45, 2.75) is 40.2 Å². The van der Waals surface area contributed by atoms with E-state index in [1.807, 2.05) is 13.8 Å². The van der Waals surface area contributed by atoms with Gasteiger partial charge in [0.05, 0.1) is 22.9 Å². The molecule has 2 aromatic rings. The summed E-state index contributed by atoms with van der Waals surface area (Å²) in [4.78, 5) is -0.200. The molecule has 2 atom stereocenters. The lowest BCUT2D eigenvalue weighted by atomic mass is 9.91. The van der Waals surface area contributed by atoms with Gasteiger partial charge in [0.2, 0.25) is 9.84 Å². The number of para-hydroxylation sites is 1. The van der Waals surface area contributed by atoms with E-state index in [9.17, 15) is 13.5 Å². The Balaban J connectivity index is 2.12. The molecule has 0 spiro atoms. The molecule has 3 rings (SSSR count). The Hall–Kier alpha value is -1.57. The van der Waals surface area contributed by atoms with Crippen molar-refractivity contribution in [3.63, 3.8) is 0 Å². The van der Waals surface area contributed by atoms with E-state index in [1.54, 1.807) is 24.3 Å². The Morgan fingerprint density at radius 3 is 2.56 bits per heavy atom. The van der Waals surface area contributed by atoms with Gasteiger partial charge in [-0.2, -0.15) is 0 Å². The zero-order chi connectivity index (χ0) is 18.4. The van der Waals surface area contributed by atoms with Crippen molar-refractivity contribution in [1.29, 1.82) is 0 Å². The molecular weight excluding hydrogens is 408 g/mol. The number of ether oxygens (including phenoxy) is 2. The van der Waals surface area contributed by atoms with Gasteiger partial charge in [-0.3, -0.25) is 0 Å². The van der Waals surface area contributed by atoms with Crippen LogP contribution in [0.25, 0.3) is 0 Å². The number of methoxy groups -OCH3 is 1. The van der Waals surface area contributed by atoms with Crippen molar-refractivity contribution in [3.8, 4) is 11.5 Å². The lowest BCUT2D eigenvalue weighted by Crippen LogP contribution is -2.45. The molecule has 1 N–H and O–H groups in total. The predicted octanol–water partition coefficient (Wildman–Crippen LogP) is 3.50. The first-order valence-electron chi connectivity index (χ1n) is 7.71. The van der Waals surface area contributed by atoms with Gasteiger partial charge in [-0.05, 0) is 44.2 Å². The number of aliphatic hydroxyl groups is 1. The van der Waals surface area contributed by atoms with E-state index < -0.39 is 21.5 Å². The summed E-state index contributed by atoms with van der Waals surface area (Å²) in [5.41, 5.74) is -0.174. The van der Waals surface area contributed by atoms with Crippen LogP contribution in [0.5, 0.6) is 11.5 Å². The third kappa shape index (κ3) is 3.05. The Labute approximate surface area is 155 Å². The topological polar surface area (TPSA) is 72.8 Å². The van der Waals surface area contributed by atoms with E-state index >= 15 is 0 Å². The summed E-state index contributed by atoms with van der Waals surface area (Å²) >= 11 is 3.44. The van der Waals surface area contributed by atoms with E-state index in [1.165, 1.54) is 25.3 Å². The molecule has 1 heterocycles. The van der Waals surface area contributed by atoms with Crippen molar-refractivity contribution >= 4 is 25.8 Å². The van der Waals surface area contributed by atoms with Crippen LogP contribution in [0.1, 0.15) is 25.5 Å². The second-order valence-corrected chi connectivity index (χ2v) is 9.31. The first kappa shape index (κ1) is 18.2. The Morgan fingerprint density at radius 2 is 1.88 bits per heavy atom. The summed E-state index contributed by atoms with van der Waals surface area (Å²) in [7, 11) is -2.36. The van der Waals surface area contributed by atoms with Gasteiger partial charge in [-0.1, -0.05) is 28.1 Å². The highest BCUT2D eigenvalue weighted by atomic mass is 79.9. The van der Waals surface area contributed by atoms with Gasteiger partial charge >= 0.3 is 0 Å². The standard InChI is InChI=1S/C18H19BrO5S/c1-18(2)17(19)16(20)12-10-11(8-9-13(12)24-18)25(21,22)15-7-5-4-6-14(15)23-3/h4-10,16-17,20H,1-3H3. The first-order valence-corrected chi connectivity index (χ1v) is 10.1. The maximum absolute atomic E-state index is 13.0.